The van der Waals surface area contributed by atoms with Crippen LogP contribution in [-0.2, 0) is 11.4 Å². The van der Waals surface area contributed by atoms with E-state index in [1.165, 1.54) is 18.3 Å². The van der Waals surface area contributed by atoms with Gasteiger partial charge in [0.1, 0.15) is 18.2 Å². The molecular formula is C14H10BrF2NO. The van der Waals surface area contributed by atoms with Crippen molar-refractivity contribution in [3.8, 4) is 0 Å². The molecule has 0 radical (unpaired) electrons. The fraction of sp³-hybridized carbons (Fsp3) is 0.0714. The van der Waals surface area contributed by atoms with E-state index in [1.807, 2.05) is 24.3 Å². The summed E-state index contributed by atoms with van der Waals surface area (Å²) in [6, 6.07) is 10.7. The van der Waals surface area contributed by atoms with Crippen LogP contribution in [0.4, 0.5) is 8.78 Å². The number of oxime groups is 1. The summed E-state index contributed by atoms with van der Waals surface area (Å²) in [6.45, 7) is 0.0131. The highest BCUT2D eigenvalue weighted by atomic mass is 79.9. The van der Waals surface area contributed by atoms with Crippen LogP contribution in [0.3, 0.4) is 0 Å². The van der Waals surface area contributed by atoms with Crippen molar-refractivity contribution in [1.82, 2.24) is 0 Å². The van der Waals surface area contributed by atoms with Crippen molar-refractivity contribution >= 4 is 22.1 Å². The second-order valence-electron chi connectivity index (χ2n) is 3.84. The van der Waals surface area contributed by atoms with Crippen LogP contribution in [0.25, 0.3) is 0 Å². The molecule has 0 fully saturated rings. The van der Waals surface area contributed by atoms with E-state index in [-0.39, 0.29) is 6.61 Å². The van der Waals surface area contributed by atoms with Crippen molar-refractivity contribution in [3.05, 3.63) is 69.7 Å². The molecule has 0 aliphatic carbocycles. The van der Waals surface area contributed by atoms with Gasteiger partial charge in [0.15, 0.2) is 0 Å². The predicted octanol–water partition coefficient (Wildman–Crippen LogP) is 4.28. The van der Waals surface area contributed by atoms with E-state index in [1.54, 1.807) is 0 Å². The first kappa shape index (κ1) is 13.7. The largest absolute Gasteiger partial charge is 0.391 e. The van der Waals surface area contributed by atoms with Gasteiger partial charge >= 0.3 is 0 Å². The minimum absolute atomic E-state index is 0.0131. The third kappa shape index (κ3) is 4.44. The van der Waals surface area contributed by atoms with Gasteiger partial charge in [-0.2, -0.15) is 0 Å². The van der Waals surface area contributed by atoms with Gasteiger partial charge in [0.25, 0.3) is 0 Å². The Morgan fingerprint density at radius 3 is 2.53 bits per heavy atom. The maximum absolute atomic E-state index is 12.9. The van der Waals surface area contributed by atoms with Crippen LogP contribution in [0.15, 0.2) is 52.1 Å². The van der Waals surface area contributed by atoms with Gasteiger partial charge in [0, 0.05) is 10.5 Å². The van der Waals surface area contributed by atoms with Crippen molar-refractivity contribution < 1.29 is 13.6 Å². The smallest absolute Gasteiger partial charge is 0.142 e. The first-order valence-corrected chi connectivity index (χ1v) is 6.29. The third-order valence-corrected chi connectivity index (χ3v) is 2.77. The molecule has 2 aromatic carbocycles. The molecule has 0 aliphatic heterocycles. The van der Waals surface area contributed by atoms with Gasteiger partial charge in [-0.3, -0.25) is 0 Å². The number of benzene rings is 2. The average Bonchev–Trinajstić information content (AvgIpc) is 2.34. The molecule has 0 aromatic heterocycles. The molecule has 0 aliphatic rings. The Balaban J connectivity index is 1.93. The van der Waals surface area contributed by atoms with Gasteiger partial charge in [-0.25, -0.2) is 8.78 Å². The summed E-state index contributed by atoms with van der Waals surface area (Å²) in [4.78, 5) is 4.99. The molecule has 2 nitrogen and oxygen atoms in total. The highest BCUT2D eigenvalue weighted by molar-refractivity contribution is 9.10. The Hall–Kier alpha value is -1.75. The summed E-state index contributed by atoms with van der Waals surface area (Å²) in [6.07, 6.45) is 1.53. The number of hydrogen-bond donors (Lipinski definition) is 0. The molecule has 0 N–H and O–H groups in total. The zero-order chi connectivity index (χ0) is 13.7. The van der Waals surface area contributed by atoms with E-state index in [0.29, 0.717) is 5.56 Å². The van der Waals surface area contributed by atoms with Gasteiger partial charge < -0.3 is 4.84 Å². The maximum atomic E-state index is 12.9. The molecule has 0 amide bonds. The van der Waals surface area contributed by atoms with Crippen LogP contribution >= 0.6 is 15.9 Å². The molecule has 0 spiro atoms. The number of halogens is 3. The van der Waals surface area contributed by atoms with E-state index >= 15 is 0 Å². The molecule has 0 heterocycles. The standard InChI is InChI=1S/C14H10BrF2NO/c15-12-3-1-2-10(4-12)8-18-19-9-11-5-13(16)7-14(17)6-11/h1-8H,9H2. The number of nitrogens with zero attached hydrogens (tertiary/aromatic N) is 1. The molecule has 0 unspecified atom stereocenters. The van der Waals surface area contributed by atoms with Gasteiger partial charge in [-0.05, 0) is 35.4 Å². The molecule has 0 saturated heterocycles. The summed E-state index contributed by atoms with van der Waals surface area (Å²) in [5, 5.41) is 3.75. The maximum Gasteiger partial charge on any atom is 0.142 e. The summed E-state index contributed by atoms with van der Waals surface area (Å²) >= 11 is 3.34. The number of rotatable bonds is 4. The Labute approximate surface area is 117 Å². The van der Waals surface area contributed by atoms with Crippen molar-refractivity contribution in [2.24, 2.45) is 5.16 Å². The Kier molecular flexibility index (Phi) is 4.63. The summed E-state index contributed by atoms with van der Waals surface area (Å²) in [7, 11) is 0. The van der Waals surface area contributed by atoms with Gasteiger partial charge in [-0.15, -0.1) is 0 Å². The molecule has 98 valence electrons. The Morgan fingerprint density at radius 2 is 1.84 bits per heavy atom. The lowest BCUT2D eigenvalue weighted by atomic mass is 10.2. The van der Waals surface area contributed by atoms with E-state index in [4.69, 9.17) is 4.84 Å². The zero-order valence-electron chi connectivity index (χ0n) is 9.82. The highest BCUT2D eigenvalue weighted by Crippen LogP contribution is 2.11. The van der Waals surface area contributed by atoms with E-state index < -0.39 is 11.6 Å². The van der Waals surface area contributed by atoms with Crippen LogP contribution in [0, 0.1) is 11.6 Å². The van der Waals surface area contributed by atoms with Crippen LogP contribution in [-0.4, -0.2) is 6.21 Å². The van der Waals surface area contributed by atoms with Crippen LogP contribution in [0.5, 0.6) is 0 Å². The van der Waals surface area contributed by atoms with Crippen molar-refractivity contribution in [3.63, 3.8) is 0 Å². The lowest BCUT2D eigenvalue weighted by molar-refractivity contribution is 0.131. The number of hydrogen-bond acceptors (Lipinski definition) is 2. The van der Waals surface area contributed by atoms with E-state index in [0.717, 1.165) is 16.1 Å². The Bertz CT molecular complexity index is 581. The quantitative estimate of drug-likeness (QED) is 0.607. The highest BCUT2D eigenvalue weighted by Gasteiger charge is 2.00. The molecule has 0 saturated carbocycles. The minimum Gasteiger partial charge on any atom is -0.391 e. The van der Waals surface area contributed by atoms with E-state index in [2.05, 4.69) is 21.1 Å². The lowest BCUT2D eigenvalue weighted by Crippen LogP contribution is -1.91. The molecule has 2 rings (SSSR count). The monoisotopic (exact) mass is 325 g/mol. The molecule has 2 aromatic rings. The average molecular weight is 326 g/mol. The van der Waals surface area contributed by atoms with Crippen molar-refractivity contribution in [2.45, 2.75) is 6.61 Å². The molecular weight excluding hydrogens is 316 g/mol. The summed E-state index contributed by atoms with van der Waals surface area (Å²) in [5.41, 5.74) is 1.25. The predicted molar refractivity (Wildman–Crippen MR) is 72.9 cm³/mol. The van der Waals surface area contributed by atoms with Gasteiger partial charge in [0.05, 0.1) is 6.21 Å². The second kappa shape index (κ2) is 6.43. The molecule has 19 heavy (non-hydrogen) atoms. The van der Waals surface area contributed by atoms with E-state index in [9.17, 15) is 8.78 Å². The molecule has 0 atom stereocenters. The normalized spacial score (nSPS) is 10.9. The van der Waals surface area contributed by atoms with Gasteiger partial charge in [0.2, 0.25) is 0 Å². The summed E-state index contributed by atoms with van der Waals surface area (Å²) in [5.74, 6) is -1.26. The third-order valence-electron chi connectivity index (χ3n) is 2.28. The van der Waals surface area contributed by atoms with Crippen molar-refractivity contribution in [2.75, 3.05) is 0 Å². The van der Waals surface area contributed by atoms with Gasteiger partial charge in [-0.1, -0.05) is 33.2 Å². The first-order valence-electron chi connectivity index (χ1n) is 5.49. The topological polar surface area (TPSA) is 21.6 Å². The SMILES string of the molecule is Fc1cc(F)cc(CON=Cc2cccc(Br)c2)c1. The van der Waals surface area contributed by atoms with Crippen LogP contribution in [0.1, 0.15) is 11.1 Å². The van der Waals surface area contributed by atoms with Crippen LogP contribution in [0.2, 0.25) is 0 Å². The Morgan fingerprint density at radius 1 is 1.11 bits per heavy atom. The lowest BCUT2D eigenvalue weighted by Gasteiger charge is -2.00. The summed E-state index contributed by atoms with van der Waals surface area (Å²) < 4.78 is 26.7. The molecule has 0 bridgehead atoms. The fourth-order valence-electron chi connectivity index (χ4n) is 1.49. The fourth-order valence-corrected chi connectivity index (χ4v) is 1.91. The zero-order valence-corrected chi connectivity index (χ0v) is 11.4. The minimum atomic E-state index is -0.630. The first-order chi connectivity index (χ1) is 9.13. The van der Waals surface area contributed by atoms with Crippen molar-refractivity contribution in [1.29, 1.82) is 0 Å². The second-order valence-corrected chi connectivity index (χ2v) is 4.76. The van der Waals surface area contributed by atoms with Crippen LogP contribution < -0.4 is 0 Å². The molecule has 5 heteroatoms.